The van der Waals surface area contributed by atoms with E-state index in [0.29, 0.717) is 13.0 Å². The predicted molar refractivity (Wildman–Crippen MR) is 96.1 cm³/mol. The van der Waals surface area contributed by atoms with Gasteiger partial charge < -0.3 is 14.8 Å². The van der Waals surface area contributed by atoms with Crippen LogP contribution in [0.2, 0.25) is 0 Å². The quantitative estimate of drug-likeness (QED) is 0.922. The molecule has 1 N–H and O–H groups in total. The van der Waals surface area contributed by atoms with Crippen LogP contribution in [0, 0.1) is 0 Å². The van der Waals surface area contributed by atoms with Crippen molar-refractivity contribution in [3.8, 4) is 0 Å². The summed E-state index contributed by atoms with van der Waals surface area (Å²) in [5.74, 6) is 0. The average molecular weight is 349 g/mol. The molecule has 0 spiro atoms. The minimum atomic E-state index is -3.10. The van der Waals surface area contributed by atoms with Crippen molar-refractivity contribution in [3.05, 3.63) is 30.5 Å². The molecule has 1 aliphatic heterocycles. The van der Waals surface area contributed by atoms with Crippen LogP contribution in [0.1, 0.15) is 19.8 Å². The van der Waals surface area contributed by atoms with Crippen LogP contribution in [-0.2, 0) is 16.4 Å². The second kappa shape index (κ2) is 6.47. The summed E-state index contributed by atoms with van der Waals surface area (Å²) in [5, 5.41) is 3.57. The largest absolute Gasteiger partial charge is 0.347 e. The molecule has 24 heavy (non-hydrogen) atoms. The maximum Gasteiger partial charge on any atom is 0.321 e. The zero-order valence-electron chi connectivity index (χ0n) is 14.0. The highest BCUT2D eigenvalue weighted by Crippen LogP contribution is 2.22. The molecule has 130 valence electrons. The Labute approximate surface area is 142 Å². The third-order valence-corrected chi connectivity index (χ3v) is 6.12. The van der Waals surface area contributed by atoms with Crippen molar-refractivity contribution in [1.82, 2.24) is 9.47 Å². The number of urea groups is 1. The molecule has 1 aromatic carbocycles. The molecule has 1 aliphatic rings. The van der Waals surface area contributed by atoms with Gasteiger partial charge in [-0.3, -0.25) is 0 Å². The second-order valence-electron chi connectivity index (χ2n) is 6.40. The number of nitrogens with zero attached hydrogens (tertiary/aromatic N) is 2. The number of likely N-dealkylation sites (tertiary alicyclic amines) is 1. The molecule has 0 saturated carbocycles. The summed E-state index contributed by atoms with van der Waals surface area (Å²) < 4.78 is 25.4. The standard InChI is InChI=1S/C17H23N3O3S/c1-3-8-19-9-6-13-4-5-14(11-16(13)19)18-17(21)20-10-7-15(12-20)24(2,22)23/h4-6,9,11,15H,3,7-8,10,12H2,1-2H3,(H,18,21)/t15-/m1/s1. The number of carbonyl (C=O) groups is 1. The van der Waals surface area contributed by atoms with E-state index >= 15 is 0 Å². The van der Waals surface area contributed by atoms with Crippen LogP contribution in [0.3, 0.4) is 0 Å². The molecule has 7 heteroatoms. The Kier molecular flexibility index (Phi) is 4.54. The fraction of sp³-hybridized carbons (Fsp3) is 0.471. The summed E-state index contributed by atoms with van der Waals surface area (Å²) in [6.07, 6.45) is 4.83. The zero-order valence-corrected chi connectivity index (χ0v) is 14.8. The van der Waals surface area contributed by atoms with Crippen molar-refractivity contribution >= 4 is 32.5 Å². The molecule has 3 rings (SSSR count). The van der Waals surface area contributed by atoms with Gasteiger partial charge in [0.15, 0.2) is 9.84 Å². The van der Waals surface area contributed by atoms with E-state index in [4.69, 9.17) is 0 Å². The third-order valence-electron chi connectivity index (χ3n) is 4.53. The van der Waals surface area contributed by atoms with Crippen LogP contribution in [0.5, 0.6) is 0 Å². The van der Waals surface area contributed by atoms with Gasteiger partial charge in [-0.25, -0.2) is 13.2 Å². The van der Waals surface area contributed by atoms with E-state index in [2.05, 4.69) is 29.1 Å². The van der Waals surface area contributed by atoms with E-state index in [0.717, 1.165) is 29.6 Å². The number of anilines is 1. The number of fused-ring (bicyclic) bond motifs is 1. The number of rotatable bonds is 4. The molecule has 1 saturated heterocycles. The Balaban J connectivity index is 1.73. The SMILES string of the molecule is CCCn1ccc2ccc(NC(=O)N3CC[C@@H](S(C)(=O)=O)C3)cc21. The molecule has 2 heterocycles. The number of nitrogens with one attached hydrogen (secondary N) is 1. The molecule has 6 nitrogen and oxygen atoms in total. The van der Waals surface area contributed by atoms with Gasteiger partial charge in [-0.1, -0.05) is 13.0 Å². The number of aryl methyl sites for hydroxylation is 1. The second-order valence-corrected chi connectivity index (χ2v) is 8.72. The van der Waals surface area contributed by atoms with Gasteiger partial charge in [-0.15, -0.1) is 0 Å². The van der Waals surface area contributed by atoms with Crippen LogP contribution < -0.4 is 5.32 Å². The number of hydrogen-bond acceptors (Lipinski definition) is 3. The first-order chi connectivity index (χ1) is 11.4. The first-order valence-corrected chi connectivity index (χ1v) is 10.2. The summed E-state index contributed by atoms with van der Waals surface area (Å²) in [7, 11) is -3.10. The maximum atomic E-state index is 12.4. The Hall–Kier alpha value is -2.02. The summed E-state index contributed by atoms with van der Waals surface area (Å²) in [6.45, 7) is 3.79. The minimum Gasteiger partial charge on any atom is -0.347 e. The highest BCUT2D eigenvalue weighted by atomic mass is 32.2. The van der Waals surface area contributed by atoms with E-state index in [1.165, 1.54) is 6.26 Å². The lowest BCUT2D eigenvalue weighted by Crippen LogP contribution is -2.34. The van der Waals surface area contributed by atoms with Crippen LogP contribution in [0.4, 0.5) is 10.5 Å². The number of aromatic nitrogens is 1. The Morgan fingerprint density at radius 3 is 2.79 bits per heavy atom. The smallest absolute Gasteiger partial charge is 0.321 e. The Morgan fingerprint density at radius 2 is 2.12 bits per heavy atom. The summed E-state index contributed by atoms with van der Waals surface area (Å²) in [6, 6.07) is 7.65. The zero-order chi connectivity index (χ0) is 17.3. The van der Waals surface area contributed by atoms with Gasteiger partial charge in [0.05, 0.1) is 10.8 Å². The van der Waals surface area contributed by atoms with Gasteiger partial charge in [-0.05, 0) is 36.4 Å². The van der Waals surface area contributed by atoms with Crippen LogP contribution in [0.15, 0.2) is 30.5 Å². The molecular weight excluding hydrogens is 326 g/mol. The lowest BCUT2D eigenvalue weighted by atomic mass is 10.2. The fourth-order valence-electron chi connectivity index (χ4n) is 3.16. The lowest BCUT2D eigenvalue weighted by Gasteiger charge is -2.17. The molecule has 0 bridgehead atoms. The normalized spacial score (nSPS) is 18.2. The van der Waals surface area contributed by atoms with Crippen LogP contribution in [0.25, 0.3) is 10.9 Å². The van der Waals surface area contributed by atoms with Crippen molar-refractivity contribution in [2.45, 2.75) is 31.6 Å². The van der Waals surface area contributed by atoms with Crippen LogP contribution >= 0.6 is 0 Å². The Bertz CT molecular complexity index is 857. The molecule has 2 amide bonds. The molecule has 1 aromatic heterocycles. The third kappa shape index (κ3) is 3.40. The highest BCUT2D eigenvalue weighted by molar-refractivity contribution is 7.91. The van der Waals surface area contributed by atoms with Gasteiger partial charge in [0.1, 0.15) is 0 Å². The highest BCUT2D eigenvalue weighted by Gasteiger charge is 2.32. The number of amides is 2. The summed E-state index contributed by atoms with van der Waals surface area (Å²) in [5.41, 5.74) is 1.82. The molecule has 0 aliphatic carbocycles. The number of hydrogen-bond donors (Lipinski definition) is 1. The number of sulfone groups is 1. The van der Waals surface area contributed by atoms with E-state index in [9.17, 15) is 13.2 Å². The molecule has 2 aromatic rings. The molecule has 1 atom stereocenters. The summed E-state index contributed by atoms with van der Waals surface area (Å²) in [4.78, 5) is 14.0. The molecule has 0 unspecified atom stereocenters. The van der Waals surface area contributed by atoms with Crippen LogP contribution in [-0.4, -0.2) is 48.5 Å². The fourth-order valence-corrected chi connectivity index (χ4v) is 4.15. The number of carbonyl (C=O) groups excluding carboxylic acids is 1. The van der Waals surface area contributed by atoms with Crippen molar-refractivity contribution in [3.63, 3.8) is 0 Å². The first-order valence-electron chi connectivity index (χ1n) is 8.22. The topological polar surface area (TPSA) is 71.4 Å². The van der Waals surface area contributed by atoms with Crippen molar-refractivity contribution in [2.24, 2.45) is 0 Å². The minimum absolute atomic E-state index is 0.242. The predicted octanol–water partition coefficient (Wildman–Crippen LogP) is 2.70. The first kappa shape index (κ1) is 16.8. The van der Waals surface area contributed by atoms with E-state index < -0.39 is 15.1 Å². The summed E-state index contributed by atoms with van der Waals surface area (Å²) >= 11 is 0. The molecule has 0 radical (unpaired) electrons. The molecular formula is C17H23N3O3S. The van der Waals surface area contributed by atoms with Gasteiger partial charge >= 0.3 is 6.03 Å². The van der Waals surface area contributed by atoms with Gasteiger partial charge in [0, 0.05) is 37.8 Å². The Morgan fingerprint density at radius 1 is 1.33 bits per heavy atom. The van der Waals surface area contributed by atoms with E-state index in [1.807, 2.05) is 18.2 Å². The number of benzene rings is 1. The average Bonchev–Trinajstić information content (AvgIpc) is 3.15. The lowest BCUT2D eigenvalue weighted by molar-refractivity contribution is 0.222. The molecule has 1 fully saturated rings. The van der Waals surface area contributed by atoms with Gasteiger partial charge in [-0.2, -0.15) is 0 Å². The maximum absolute atomic E-state index is 12.4. The van der Waals surface area contributed by atoms with E-state index in [-0.39, 0.29) is 12.6 Å². The van der Waals surface area contributed by atoms with Crippen molar-refractivity contribution in [2.75, 3.05) is 24.7 Å². The monoisotopic (exact) mass is 349 g/mol. The van der Waals surface area contributed by atoms with Crippen molar-refractivity contribution in [1.29, 1.82) is 0 Å². The van der Waals surface area contributed by atoms with Gasteiger partial charge in [0.2, 0.25) is 0 Å². The van der Waals surface area contributed by atoms with E-state index in [1.54, 1.807) is 4.90 Å². The van der Waals surface area contributed by atoms with Gasteiger partial charge in [0.25, 0.3) is 0 Å². The van der Waals surface area contributed by atoms with Crippen molar-refractivity contribution < 1.29 is 13.2 Å².